The quantitative estimate of drug-likeness (QED) is 0.582. The van der Waals surface area contributed by atoms with Gasteiger partial charge in [-0.05, 0) is 55.3 Å². The van der Waals surface area contributed by atoms with Crippen molar-refractivity contribution in [3.8, 4) is 6.07 Å². The molecule has 5 rings (SSSR count). The van der Waals surface area contributed by atoms with Crippen LogP contribution in [0.25, 0.3) is 0 Å². The van der Waals surface area contributed by atoms with Gasteiger partial charge in [0.15, 0.2) is 0 Å². The highest BCUT2D eigenvalue weighted by atomic mass is 19.4. The molecule has 2 saturated heterocycles. The van der Waals surface area contributed by atoms with Gasteiger partial charge in [0.1, 0.15) is 6.07 Å². The van der Waals surface area contributed by atoms with E-state index in [9.17, 15) is 23.2 Å². The Hall–Kier alpha value is -3.29. The van der Waals surface area contributed by atoms with Crippen molar-refractivity contribution in [1.82, 2.24) is 10.2 Å². The van der Waals surface area contributed by atoms with E-state index in [1.54, 1.807) is 12.1 Å². The lowest BCUT2D eigenvalue weighted by atomic mass is 9.82. The Labute approximate surface area is 220 Å². The van der Waals surface area contributed by atoms with Crippen LogP contribution < -0.4 is 15.1 Å². The Bertz CT molecular complexity index is 1190. The number of para-hydroxylation sites is 1. The number of fused-ring (bicyclic) bond motifs is 3. The number of nitrogens with zero attached hydrogens (tertiary/aromatic N) is 4. The molecule has 0 aliphatic carbocycles. The Morgan fingerprint density at radius 1 is 1.08 bits per heavy atom. The molecule has 0 unspecified atom stereocenters. The van der Waals surface area contributed by atoms with E-state index in [0.29, 0.717) is 37.3 Å². The van der Waals surface area contributed by atoms with E-state index < -0.39 is 17.7 Å². The van der Waals surface area contributed by atoms with Gasteiger partial charge in [0, 0.05) is 45.0 Å². The monoisotopic (exact) mass is 527 g/mol. The molecule has 1 N–H and O–H groups in total. The van der Waals surface area contributed by atoms with Gasteiger partial charge in [-0.2, -0.15) is 18.4 Å². The molecule has 10 heteroatoms. The summed E-state index contributed by atoms with van der Waals surface area (Å²) in [7, 11) is 0. The molecule has 38 heavy (non-hydrogen) atoms. The average molecular weight is 528 g/mol. The smallest absolute Gasteiger partial charge is 0.379 e. The zero-order chi connectivity index (χ0) is 26.7. The van der Waals surface area contributed by atoms with Gasteiger partial charge < -0.3 is 19.9 Å². The fraction of sp³-hybridized carbons (Fsp3) is 0.500. The van der Waals surface area contributed by atoms with Crippen molar-refractivity contribution < 1.29 is 22.7 Å². The maximum atomic E-state index is 13.5. The topological polar surface area (TPSA) is 71.8 Å². The second-order valence-electron chi connectivity index (χ2n) is 10.1. The molecule has 3 heterocycles. The largest absolute Gasteiger partial charge is 0.416 e. The first-order valence-electron chi connectivity index (χ1n) is 13.1. The third-order valence-corrected chi connectivity index (χ3v) is 7.80. The molecule has 2 aromatic carbocycles. The first-order chi connectivity index (χ1) is 18.3. The molecule has 0 radical (unpaired) electrons. The van der Waals surface area contributed by atoms with E-state index in [2.05, 4.69) is 26.1 Å². The van der Waals surface area contributed by atoms with Gasteiger partial charge >= 0.3 is 6.18 Å². The van der Waals surface area contributed by atoms with Crippen molar-refractivity contribution in [3.63, 3.8) is 0 Å². The summed E-state index contributed by atoms with van der Waals surface area (Å²) in [6.07, 6.45) is -3.41. The molecule has 0 saturated carbocycles. The van der Waals surface area contributed by atoms with E-state index in [4.69, 9.17) is 4.74 Å². The number of rotatable bonds is 6. The molecule has 0 aromatic heterocycles. The highest BCUT2D eigenvalue weighted by Crippen LogP contribution is 2.40. The van der Waals surface area contributed by atoms with Gasteiger partial charge in [0.2, 0.25) is 5.91 Å². The number of benzene rings is 2. The van der Waals surface area contributed by atoms with Gasteiger partial charge in [-0.15, -0.1) is 0 Å². The molecule has 0 spiro atoms. The van der Waals surface area contributed by atoms with Gasteiger partial charge in [-0.3, -0.25) is 9.69 Å². The van der Waals surface area contributed by atoms with Crippen LogP contribution in [0.2, 0.25) is 0 Å². The summed E-state index contributed by atoms with van der Waals surface area (Å²) in [6, 6.07) is 13.3. The van der Waals surface area contributed by atoms with Crippen molar-refractivity contribution in [2.24, 2.45) is 5.92 Å². The van der Waals surface area contributed by atoms with Crippen molar-refractivity contribution in [1.29, 1.82) is 5.26 Å². The van der Waals surface area contributed by atoms with E-state index in [1.807, 2.05) is 18.2 Å². The highest BCUT2D eigenvalue weighted by molar-refractivity contribution is 5.82. The molecule has 202 valence electrons. The standard InChI is InChI=1S/C28H32F3N5O2/c29-28(30,31)22-6-7-25-21(16-22)17-23(27(37)33-8-3-9-34-12-14-38-15-13-34)26-19-35(10-11-36(25)26)24-5-2-1-4-20(24)18-32/h1-2,4-7,16,23,26H,3,8-15,17,19H2,(H,33,37)/t23-,26-/m1/s1. The van der Waals surface area contributed by atoms with Crippen molar-refractivity contribution in [2.75, 3.05) is 68.8 Å². The molecule has 0 bridgehead atoms. The minimum atomic E-state index is -4.44. The molecular formula is C28H32F3N5O2. The fourth-order valence-electron chi connectivity index (χ4n) is 5.83. The normalized spacial score (nSPS) is 21.8. The minimum Gasteiger partial charge on any atom is -0.379 e. The summed E-state index contributed by atoms with van der Waals surface area (Å²) in [5.41, 5.74) is 2.00. The Morgan fingerprint density at radius 3 is 2.63 bits per heavy atom. The second-order valence-corrected chi connectivity index (χ2v) is 10.1. The maximum Gasteiger partial charge on any atom is 0.416 e. The third-order valence-electron chi connectivity index (χ3n) is 7.80. The fourth-order valence-corrected chi connectivity index (χ4v) is 5.83. The summed E-state index contributed by atoms with van der Waals surface area (Å²) in [5, 5.41) is 12.7. The van der Waals surface area contributed by atoms with Crippen LogP contribution in [0.15, 0.2) is 42.5 Å². The zero-order valence-corrected chi connectivity index (χ0v) is 21.2. The number of hydrogen-bond acceptors (Lipinski definition) is 6. The number of carbonyl (C=O) groups excluding carboxylic acids is 1. The molecule has 2 fully saturated rings. The molecule has 7 nitrogen and oxygen atoms in total. The van der Waals surface area contributed by atoms with Gasteiger partial charge in [0.05, 0.1) is 42.0 Å². The van der Waals surface area contributed by atoms with Gasteiger partial charge in [-0.1, -0.05) is 12.1 Å². The summed E-state index contributed by atoms with van der Waals surface area (Å²) in [5.74, 6) is -0.646. The number of nitrogens with one attached hydrogen (secondary N) is 1. The number of halogens is 3. The van der Waals surface area contributed by atoms with E-state index in [0.717, 1.165) is 56.7 Å². The summed E-state index contributed by atoms with van der Waals surface area (Å²) < 4.78 is 45.8. The first kappa shape index (κ1) is 26.3. The second kappa shape index (κ2) is 11.2. The predicted octanol–water partition coefficient (Wildman–Crippen LogP) is 3.28. The number of alkyl halides is 3. The van der Waals surface area contributed by atoms with Crippen LogP contribution in [0.1, 0.15) is 23.1 Å². The summed E-state index contributed by atoms with van der Waals surface area (Å²) in [4.78, 5) is 20.0. The molecule has 2 aromatic rings. The van der Waals surface area contributed by atoms with Crippen molar-refractivity contribution in [3.05, 3.63) is 59.2 Å². The molecular weight excluding hydrogens is 495 g/mol. The third kappa shape index (κ3) is 5.59. The number of piperazine rings is 1. The van der Waals surface area contributed by atoms with Crippen LogP contribution in [0.5, 0.6) is 0 Å². The Kier molecular flexibility index (Phi) is 7.77. The van der Waals surface area contributed by atoms with Crippen LogP contribution in [-0.4, -0.2) is 75.9 Å². The highest BCUT2D eigenvalue weighted by Gasteiger charge is 2.43. The number of anilines is 2. The van der Waals surface area contributed by atoms with E-state index >= 15 is 0 Å². The van der Waals surface area contributed by atoms with Crippen molar-refractivity contribution >= 4 is 17.3 Å². The zero-order valence-electron chi connectivity index (χ0n) is 21.2. The van der Waals surface area contributed by atoms with Crippen LogP contribution in [0, 0.1) is 17.2 Å². The van der Waals surface area contributed by atoms with Crippen molar-refractivity contribution in [2.45, 2.75) is 25.1 Å². The average Bonchev–Trinajstić information content (AvgIpc) is 2.94. The number of hydrogen-bond donors (Lipinski definition) is 1. The minimum absolute atomic E-state index is 0.138. The molecule has 2 atom stereocenters. The summed E-state index contributed by atoms with van der Waals surface area (Å²) in [6.45, 7) is 6.22. The van der Waals surface area contributed by atoms with E-state index in [-0.39, 0.29) is 18.4 Å². The van der Waals surface area contributed by atoms with Crippen LogP contribution in [0.3, 0.4) is 0 Å². The molecule has 3 aliphatic heterocycles. The predicted molar refractivity (Wildman–Crippen MR) is 138 cm³/mol. The summed E-state index contributed by atoms with van der Waals surface area (Å²) >= 11 is 0. The number of ether oxygens (including phenoxy) is 1. The first-order valence-corrected chi connectivity index (χ1v) is 13.1. The Balaban J connectivity index is 1.35. The lowest BCUT2D eigenvalue weighted by molar-refractivity contribution is -0.137. The van der Waals surface area contributed by atoms with Gasteiger partial charge in [-0.25, -0.2) is 0 Å². The lowest BCUT2D eigenvalue weighted by Gasteiger charge is -2.50. The van der Waals surface area contributed by atoms with Crippen LogP contribution in [0.4, 0.5) is 24.5 Å². The SMILES string of the molecule is N#Cc1ccccc1N1CCN2c3ccc(C(F)(F)F)cc3C[C@@H](C(=O)NCCCN3CCOCC3)[C@H]2C1. The van der Waals surface area contributed by atoms with Crippen LogP contribution >= 0.6 is 0 Å². The van der Waals surface area contributed by atoms with Crippen LogP contribution in [-0.2, 0) is 22.1 Å². The Morgan fingerprint density at radius 2 is 1.87 bits per heavy atom. The van der Waals surface area contributed by atoms with Gasteiger partial charge in [0.25, 0.3) is 0 Å². The number of carbonyl (C=O) groups is 1. The maximum absolute atomic E-state index is 13.5. The molecule has 3 aliphatic rings. The molecule has 1 amide bonds. The number of amides is 1. The lowest BCUT2D eigenvalue weighted by Crippen LogP contribution is -2.61. The number of nitriles is 1. The van der Waals surface area contributed by atoms with E-state index in [1.165, 1.54) is 6.07 Å². The number of morpholine rings is 1.